The monoisotopic (exact) mass is 218 g/mol. The van der Waals surface area contributed by atoms with Gasteiger partial charge in [0.05, 0.1) is 11.9 Å². The third-order valence-electron chi connectivity index (χ3n) is 2.72. The lowest BCUT2D eigenvalue weighted by Crippen LogP contribution is -2.12. The zero-order valence-corrected chi connectivity index (χ0v) is 10.3. The highest BCUT2D eigenvalue weighted by Gasteiger charge is 2.20. The molecule has 2 N–H and O–H groups in total. The number of hydrogen-bond donors (Lipinski definition) is 1. The van der Waals surface area contributed by atoms with Crippen LogP contribution in [0.5, 0.6) is 0 Å². The Kier molecular flexibility index (Phi) is 2.46. The fourth-order valence-electron chi connectivity index (χ4n) is 1.81. The molecule has 2 aromatic heterocycles. The third-order valence-corrected chi connectivity index (χ3v) is 2.72. The zero-order valence-electron chi connectivity index (χ0n) is 10.3. The van der Waals surface area contributed by atoms with Crippen molar-refractivity contribution >= 4 is 5.65 Å². The van der Waals surface area contributed by atoms with Gasteiger partial charge < -0.3 is 5.73 Å². The van der Waals surface area contributed by atoms with Crippen molar-refractivity contribution in [2.24, 2.45) is 5.73 Å². The lowest BCUT2D eigenvalue weighted by atomic mass is 9.89. The maximum Gasteiger partial charge on any atom is 0.159 e. The molecule has 0 fully saturated rings. The Morgan fingerprint density at radius 3 is 2.62 bits per heavy atom. The Morgan fingerprint density at radius 1 is 1.38 bits per heavy atom. The van der Waals surface area contributed by atoms with Crippen molar-refractivity contribution in [2.75, 3.05) is 0 Å². The first-order valence-electron chi connectivity index (χ1n) is 5.48. The number of rotatable bonds is 1. The van der Waals surface area contributed by atoms with E-state index in [0.29, 0.717) is 6.54 Å². The molecule has 0 spiro atoms. The summed E-state index contributed by atoms with van der Waals surface area (Å²) in [6.07, 6.45) is 1.90. The van der Waals surface area contributed by atoms with Gasteiger partial charge in [-0.1, -0.05) is 20.8 Å². The van der Waals surface area contributed by atoms with Gasteiger partial charge in [0.2, 0.25) is 0 Å². The topological polar surface area (TPSA) is 56.2 Å². The van der Waals surface area contributed by atoms with Crippen molar-refractivity contribution in [1.29, 1.82) is 0 Å². The second-order valence-corrected chi connectivity index (χ2v) is 5.14. The van der Waals surface area contributed by atoms with Crippen LogP contribution < -0.4 is 5.73 Å². The van der Waals surface area contributed by atoms with E-state index < -0.39 is 0 Å². The summed E-state index contributed by atoms with van der Waals surface area (Å²) in [5.74, 6) is 0. The molecule has 0 amide bonds. The van der Waals surface area contributed by atoms with Crippen molar-refractivity contribution in [1.82, 2.24) is 14.6 Å². The van der Waals surface area contributed by atoms with E-state index in [9.17, 15) is 0 Å². The van der Waals surface area contributed by atoms with Crippen LogP contribution in [0.25, 0.3) is 5.65 Å². The van der Waals surface area contributed by atoms with Gasteiger partial charge in [0.15, 0.2) is 5.65 Å². The highest BCUT2D eigenvalue weighted by molar-refractivity contribution is 5.51. The average Bonchev–Trinajstić information content (AvgIpc) is 2.60. The predicted octanol–water partition coefficient (Wildman–Crippen LogP) is 1.79. The third kappa shape index (κ3) is 1.69. The van der Waals surface area contributed by atoms with Crippen LogP contribution in [-0.2, 0) is 12.0 Å². The fraction of sp³-hybridized carbons (Fsp3) is 0.500. The van der Waals surface area contributed by atoms with E-state index in [-0.39, 0.29) is 5.41 Å². The van der Waals surface area contributed by atoms with E-state index in [4.69, 9.17) is 5.73 Å². The van der Waals surface area contributed by atoms with Crippen LogP contribution in [0.3, 0.4) is 0 Å². The van der Waals surface area contributed by atoms with Gasteiger partial charge in [-0.2, -0.15) is 5.10 Å². The number of hydrogen-bond acceptors (Lipinski definition) is 3. The molecule has 0 atom stereocenters. The van der Waals surface area contributed by atoms with E-state index in [1.165, 1.54) is 0 Å². The summed E-state index contributed by atoms with van der Waals surface area (Å²) in [4.78, 5) is 4.56. The highest BCUT2D eigenvalue weighted by Crippen LogP contribution is 2.25. The molecule has 0 aliphatic heterocycles. The van der Waals surface area contributed by atoms with Crippen LogP contribution >= 0.6 is 0 Å². The van der Waals surface area contributed by atoms with Crippen LogP contribution in [-0.4, -0.2) is 14.6 Å². The first-order valence-corrected chi connectivity index (χ1v) is 5.48. The van der Waals surface area contributed by atoms with Crippen molar-refractivity contribution in [3.63, 3.8) is 0 Å². The minimum Gasteiger partial charge on any atom is -0.325 e. The molecule has 0 unspecified atom stereocenters. The van der Waals surface area contributed by atoms with E-state index in [1.807, 2.05) is 23.7 Å². The second-order valence-electron chi connectivity index (χ2n) is 5.14. The van der Waals surface area contributed by atoms with Gasteiger partial charge in [-0.05, 0) is 18.4 Å². The number of aryl methyl sites for hydroxylation is 1. The van der Waals surface area contributed by atoms with Crippen molar-refractivity contribution in [2.45, 2.75) is 39.7 Å². The minimum absolute atomic E-state index is 0.0500. The van der Waals surface area contributed by atoms with Gasteiger partial charge in [-0.3, -0.25) is 0 Å². The summed E-state index contributed by atoms with van der Waals surface area (Å²) in [6.45, 7) is 8.97. The van der Waals surface area contributed by atoms with E-state index >= 15 is 0 Å². The van der Waals surface area contributed by atoms with Crippen molar-refractivity contribution < 1.29 is 0 Å². The predicted molar refractivity (Wildman–Crippen MR) is 64.3 cm³/mol. The molecule has 0 aliphatic carbocycles. The van der Waals surface area contributed by atoms with E-state index in [0.717, 1.165) is 22.6 Å². The van der Waals surface area contributed by atoms with E-state index in [1.54, 1.807) is 0 Å². The maximum atomic E-state index is 5.65. The molecule has 0 aliphatic rings. The van der Waals surface area contributed by atoms with Crippen molar-refractivity contribution in [3.8, 4) is 0 Å². The molecule has 4 heteroatoms. The Balaban J connectivity index is 2.75. The highest BCUT2D eigenvalue weighted by atomic mass is 15.3. The molecule has 0 saturated carbocycles. The van der Waals surface area contributed by atoms with Crippen LogP contribution in [0, 0.1) is 6.92 Å². The lowest BCUT2D eigenvalue weighted by molar-refractivity contribution is 0.594. The quantitative estimate of drug-likeness (QED) is 0.794. The lowest BCUT2D eigenvalue weighted by Gasteiger charge is -2.16. The summed E-state index contributed by atoms with van der Waals surface area (Å²) in [6, 6.07) is 1.98. The van der Waals surface area contributed by atoms with Gasteiger partial charge in [0.25, 0.3) is 0 Å². The first kappa shape index (κ1) is 11.1. The molecular weight excluding hydrogens is 200 g/mol. The molecule has 16 heavy (non-hydrogen) atoms. The summed E-state index contributed by atoms with van der Waals surface area (Å²) in [5, 5.41) is 4.37. The van der Waals surface area contributed by atoms with E-state index in [2.05, 4.69) is 30.9 Å². The summed E-state index contributed by atoms with van der Waals surface area (Å²) in [5.41, 5.74) is 9.76. The first-order chi connectivity index (χ1) is 7.43. The SMILES string of the molecule is Cc1cc(CN)nc2c(C(C)(C)C)cnn12. The minimum atomic E-state index is 0.0500. The Bertz CT molecular complexity index is 520. The fourth-order valence-corrected chi connectivity index (χ4v) is 1.81. The number of nitrogens with zero attached hydrogens (tertiary/aromatic N) is 3. The normalized spacial score (nSPS) is 12.3. The molecule has 2 heterocycles. The Morgan fingerprint density at radius 2 is 2.06 bits per heavy atom. The van der Waals surface area contributed by atoms with Gasteiger partial charge in [-0.25, -0.2) is 9.50 Å². The number of nitrogens with two attached hydrogens (primary N) is 1. The second kappa shape index (κ2) is 3.56. The molecule has 0 aromatic carbocycles. The van der Waals surface area contributed by atoms with Gasteiger partial charge >= 0.3 is 0 Å². The maximum absolute atomic E-state index is 5.65. The smallest absolute Gasteiger partial charge is 0.159 e. The van der Waals surface area contributed by atoms with Crippen LogP contribution in [0.2, 0.25) is 0 Å². The molecule has 2 rings (SSSR count). The van der Waals surface area contributed by atoms with Gasteiger partial charge in [0.1, 0.15) is 0 Å². The van der Waals surface area contributed by atoms with Crippen molar-refractivity contribution in [3.05, 3.63) is 29.2 Å². The Labute approximate surface area is 95.5 Å². The molecule has 0 bridgehead atoms. The molecule has 0 radical (unpaired) electrons. The molecule has 4 nitrogen and oxygen atoms in total. The molecular formula is C12H18N4. The van der Waals surface area contributed by atoms with Gasteiger partial charge in [-0.15, -0.1) is 0 Å². The summed E-state index contributed by atoms with van der Waals surface area (Å²) < 4.78 is 1.87. The zero-order chi connectivity index (χ0) is 11.9. The van der Waals surface area contributed by atoms with Crippen LogP contribution in [0.1, 0.15) is 37.7 Å². The number of aromatic nitrogens is 3. The van der Waals surface area contributed by atoms with Crippen LogP contribution in [0.15, 0.2) is 12.3 Å². The Hall–Kier alpha value is -1.42. The largest absolute Gasteiger partial charge is 0.325 e. The summed E-state index contributed by atoms with van der Waals surface area (Å²) in [7, 11) is 0. The average molecular weight is 218 g/mol. The molecule has 2 aromatic rings. The van der Waals surface area contributed by atoms with Gasteiger partial charge in [0, 0.05) is 17.8 Å². The standard InChI is InChI=1S/C12H18N4/c1-8-5-9(6-13)15-11-10(12(2,3)4)7-14-16(8)11/h5,7H,6,13H2,1-4H3. The number of fused-ring (bicyclic) bond motifs is 1. The summed E-state index contributed by atoms with van der Waals surface area (Å²) >= 11 is 0. The van der Waals surface area contributed by atoms with Crippen LogP contribution in [0.4, 0.5) is 0 Å². The molecule has 0 saturated heterocycles. The molecule has 86 valence electrons.